The van der Waals surface area contributed by atoms with E-state index in [0.29, 0.717) is 11.9 Å². The Morgan fingerprint density at radius 1 is 1.53 bits per heavy atom. The first-order valence-corrected chi connectivity index (χ1v) is 8.28. The first-order valence-electron chi connectivity index (χ1n) is 5.16. The zero-order chi connectivity index (χ0) is 12.5. The molecule has 7 heteroatoms. The minimum absolute atomic E-state index is 0.302. The number of sulfonamides is 1. The minimum atomic E-state index is -3.29. The quantitative estimate of drug-likeness (QED) is 0.828. The molecule has 0 amide bonds. The van der Waals surface area contributed by atoms with Crippen LogP contribution in [-0.4, -0.2) is 32.0 Å². The van der Waals surface area contributed by atoms with Gasteiger partial charge in [-0.2, -0.15) is 0 Å². The van der Waals surface area contributed by atoms with Crippen LogP contribution in [-0.2, 0) is 10.0 Å². The molecule has 0 aromatic carbocycles. The molecule has 0 saturated heterocycles. The number of ether oxygens (including phenoxy) is 1. The van der Waals surface area contributed by atoms with Crippen LogP contribution in [0.2, 0.25) is 0 Å². The topological polar surface area (TPSA) is 68.3 Å². The largest absolute Gasteiger partial charge is 0.488 e. The lowest BCUT2D eigenvalue weighted by atomic mass is 10.4. The number of nitrogens with one attached hydrogen (secondary N) is 1. The molecule has 1 aromatic rings. The van der Waals surface area contributed by atoms with Crippen molar-refractivity contribution in [3.63, 3.8) is 0 Å². The highest BCUT2D eigenvalue weighted by Gasteiger charge is 2.24. The van der Waals surface area contributed by atoms with Gasteiger partial charge in [0.1, 0.15) is 5.82 Å². The Bertz CT molecular complexity index is 512. The molecule has 1 N–H and O–H groups in total. The molecule has 2 rings (SSSR count). The van der Waals surface area contributed by atoms with Crippen molar-refractivity contribution in [2.75, 3.05) is 17.2 Å². The monoisotopic (exact) mass is 274 g/mol. The normalized spacial score (nSPS) is 15.6. The minimum Gasteiger partial charge on any atom is -0.488 e. The lowest BCUT2D eigenvalue weighted by molar-refractivity contribution is 0.295. The number of pyridine rings is 1. The van der Waals surface area contributed by atoms with Crippen LogP contribution >= 0.6 is 11.8 Å². The van der Waals surface area contributed by atoms with Gasteiger partial charge in [-0.05, 0) is 25.2 Å². The fourth-order valence-corrected chi connectivity index (χ4v) is 2.31. The van der Waals surface area contributed by atoms with Crippen LogP contribution in [0.3, 0.4) is 0 Å². The van der Waals surface area contributed by atoms with Gasteiger partial charge >= 0.3 is 0 Å². The molecule has 94 valence electrons. The van der Waals surface area contributed by atoms with E-state index in [4.69, 9.17) is 4.74 Å². The van der Waals surface area contributed by atoms with Crippen LogP contribution in [0.1, 0.15) is 12.8 Å². The van der Waals surface area contributed by atoms with Crippen molar-refractivity contribution >= 4 is 27.6 Å². The third-order valence-electron chi connectivity index (χ3n) is 2.16. The van der Waals surface area contributed by atoms with Crippen molar-refractivity contribution in [1.82, 2.24) is 4.98 Å². The highest BCUT2D eigenvalue weighted by Crippen LogP contribution is 2.34. The van der Waals surface area contributed by atoms with Crippen LogP contribution < -0.4 is 9.46 Å². The Balaban J connectivity index is 2.20. The molecule has 1 fully saturated rings. The van der Waals surface area contributed by atoms with Crippen molar-refractivity contribution in [3.05, 3.63) is 12.3 Å². The van der Waals surface area contributed by atoms with E-state index in [1.807, 2.05) is 6.26 Å². The van der Waals surface area contributed by atoms with Crippen LogP contribution in [0.15, 0.2) is 17.2 Å². The molecule has 17 heavy (non-hydrogen) atoms. The third-order valence-corrected chi connectivity index (χ3v) is 3.50. The lowest BCUT2D eigenvalue weighted by Gasteiger charge is -2.10. The summed E-state index contributed by atoms with van der Waals surface area (Å²) in [5.74, 6) is 1.04. The Labute approximate surface area is 105 Å². The van der Waals surface area contributed by atoms with Crippen LogP contribution in [0.4, 0.5) is 5.82 Å². The van der Waals surface area contributed by atoms with Gasteiger partial charge in [-0.1, -0.05) is 0 Å². The number of rotatable bonds is 5. The van der Waals surface area contributed by atoms with Gasteiger partial charge in [0.15, 0.2) is 5.75 Å². The van der Waals surface area contributed by atoms with E-state index >= 15 is 0 Å². The highest BCUT2D eigenvalue weighted by atomic mass is 32.2. The van der Waals surface area contributed by atoms with Gasteiger partial charge in [-0.3, -0.25) is 4.72 Å². The molecule has 5 nitrogen and oxygen atoms in total. The van der Waals surface area contributed by atoms with Gasteiger partial charge in [0.25, 0.3) is 0 Å². The smallest absolute Gasteiger partial charge is 0.230 e. The molecule has 0 aliphatic heterocycles. The number of thioether (sulfide) groups is 1. The van der Waals surface area contributed by atoms with Crippen LogP contribution in [0, 0.1) is 0 Å². The number of nitrogens with zero attached hydrogens (tertiary/aromatic N) is 1. The summed E-state index contributed by atoms with van der Waals surface area (Å²) in [5, 5.41) is 0. The zero-order valence-corrected chi connectivity index (χ0v) is 11.3. The second-order valence-electron chi connectivity index (χ2n) is 3.91. The van der Waals surface area contributed by atoms with Gasteiger partial charge in [0.05, 0.1) is 23.5 Å². The number of anilines is 1. The molecule has 1 aromatic heterocycles. The summed E-state index contributed by atoms with van der Waals surface area (Å²) in [6.07, 6.45) is 7.05. The second-order valence-corrected chi connectivity index (χ2v) is 6.51. The molecule has 1 saturated carbocycles. The molecule has 1 aliphatic carbocycles. The Morgan fingerprint density at radius 2 is 2.24 bits per heavy atom. The highest BCUT2D eigenvalue weighted by molar-refractivity contribution is 7.98. The summed E-state index contributed by atoms with van der Waals surface area (Å²) < 4.78 is 30.2. The average molecular weight is 274 g/mol. The van der Waals surface area contributed by atoms with E-state index in [2.05, 4.69) is 9.71 Å². The summed E-state index contributed by atoms with van der Waals surface area (Å²) in [7, 11) is -3.29. The predicted molar refractivity (Wildman–Crippen MR) is 68.1 cm³/mol. The molecule has 0 atom stereocenters. The van der Waals surface area contributed by atoms with E-state index in [0.717, 1.165) is 29.7 Å². The predicted octanol–water partition coefficient (Wildman–Crippen LogP) is 1.72. The van der Waals surface area contributed by atoms with Gasteiger partial charge in [-0.15, -0.1) is 11.8 Å². The Morgan fingerprint density at radius 3 is 2.76 bits per heavy atom. The molecule has 1 heterocycles. The molecule has 0 spiro atoms. The van der Waals surface area contributed by atoms with Crippen molar-refractivity contribution in [2.24, 2.45) is 0 Å². The van der Waals surface area contributed by atoms with Gasteiger partial charge < -0.3 is 4.74 Å². The van der Waals surface area contributed by atoms with Gasteiger partial charge in [0, 0.05) is 0 Å². The summed E-state index contributed by atoms with van der Waals surface area (Å²) >= 11 is 1.51. The maximum absolute atomic E-state index is 11.1. The summed E-state index contributed by atoms with van der Waals surface area (Å²) in [6.45, 7) is 0. The Kier molecular flexibility index (Phi) is 3.48. The fraction of sp³-hybridized carbons (Fsp3) is 0.500. The first kappa shape index (κ1) is 12.5. The summed E-state index contributed by atoms with van der Waals surface area (Å²) in [6, 6.07) is 1.68. The lowest BCUT2D eigenvalue weighted by Crippen LogP contribution is -2.11. The van der Waals surface area contributed by atoms with Crippen molar-refractivity contribution in [3.8, 4) is 5.75 Å². The van der Waals surface area contributed by atoms with E-state index < -0.39 is 10.0 Å². The second kappa shape index (κ2) is 4.73. The van der Waals surface area contributed by atoms with E-state index in [9.17, 15) is 8.42 Å². The Hall–Kier alpha value is -0.950. The maximum atomic E-state index is 11.1. The number of aromatic nitrogens is 1. The van der Waals surface area contributed by atoms with Crippen LogP contribution in [0.5, 0.6) is 5.75 Å². The standard InChI is InChI=1S/C10H14N2O3S2/c1-16-9-5-10(12-17(2,13)14)11-6-8(9)15-7-3-4-7/h5-7H,3-4H2,1-2H3,(H,11,12). The van der Waals surface area contributed by atoms with E-state index in [1.165, 1.54) is 11.8 Å². The van der Waals surface area contributed by atoms with E-state index in [1.54, 1.807) is 12.3 Å². The zero-order valence-electron chi connectivity index (χ0n) is 9.63. The molecule has 0 unspecified atom stereocenters. The molecule has 0 radical (unpaired) electrons. The van der Waals surface area contributed by atoms with Crippen molar-refractivity contribution in [2.45, 2.75) is 23.8 Å². The first-order chi connectivity index (χ1) is 7.98. The van der Waals surface area contributed by atoms with Gasteiger partial charge in [-0.25, -0.2) is 13.4 Å². The molecular weight excluding hydrogens is 260 g/mol. The van der Waals surface area contributed by atoms with Gasteiger partial charge in [0.2, 0.25) is 10.0 Å². The average Bonchev–Trinajstić information content (AvgIpc) is 3.02. The molecule has 0 bridgehead atoms. The van der Waals surface area contributed by atoms with Crippen molar-refractivity contribution < 1.29 is 13.2 Å². The fourth-order valence-electron chi connectivity index (χ4n) is 1.28. The molecular formula is C10H14N2O3S2. The van der Waals surface area contributed by atoms with E-state index in [-0.39, 0.29) is 0 Å². The number of hydrogen-bond acceptors (Lipinski definition) is 5. The number of hydrogen-bond donors (Lipinski definition) is 1. The van der Waals surface area contributed by atoms with Crippen molar-refractivity contribution in [1.29, 1.82) is 0 Å². The summed E-state index contributed by atoms with van der Waals surface area (Å²) in [5.41, 5.74) is 0. The summed E-state index contributed by atoms with van der Waals surface area (Å²) in [4.78, 5) is 4.91. The maximum Gasteiger partial charge on any atom is 0.230 e. The van der Waals surface area contributed by atoms with Crippen LogP contribution in [0.25, 0.3) is 0 Å². The SMILES string of the molecule is CSc1cc(NS(C)(=O)=O)ncc1OC1CC1. The third kappa shape index (κ3) is 3.78. The molecule has 1 aliphatic rings.